The lowest BCUT2D eigenvalue weighted by Crippen LogP contribution is -2.26. The normalized spacial score (nSPS) is 12.1. The van der Waals surface area contributed by atoms with Crippen LogP contribution in [0.15, 0.2) is 95.6 Å². The molecule has 0 bridgehead atoms. The van der Waals surface area contributed by atoms with Crippen molar-refractivity contribution in [1.29, 1.82) is 0 Å². The first kappa shape index (κ1) is 21.9. The fourth-order valence-corrected chi connectivity index (χ4v) is 5.24. The van der Waals surface area contributed by atoms with Gasteiger partial charge in [0, 0.05) is 35.5 Å². The Morgan fingerprint density at radius 3 is 2.69 bits per heavy atom. The summed E-state index contributed by atoms with van der Waals surface area (Å²) in [5.41, 5.74) is 12.3. The number of nitrogens with one attached hydrogen (secondary N) is 1. The third-order valence-corrected chi connectivity index (χ3v) is 7.00. The van der Waals surface area contributed by atoms with E-state index in [0.717, 1.165) is 38.1 Å². The third kappa shape index (κ3) is 3.77. The van der Waals surface area contributed by atoms with Crippen molar-refractivity contribution in [2.24, 2.45) is 0 Å². The molecule has 176 valence electrons. The molecule has 1 atom stereocenters. The van der Waals surface area contributed by atoms with Crippen molar-refractivity contribution in [2.75, 3.05) is 11.1 Å². The highest BCUT2D eigenvalue weighted by Crippen LogP contribution is 2.31. The highest BCUT2D eigenvalue weighted by Gasteiger charge is 2.20. The number of hydrogen-bond acceptors (Lipinski definition) is 7. The van der Waals surface area contributed by atoms with Crippen molar-refractivity contribution < 1.29 is 0 Å². The van der Waals surface area contributed by atoms with Crippen molar-refractivity contribution in [1.82, 2.24) is 19.5 Å². The van der Waals surface area contributed by atoms with E-state index in [1.54, 1.807) is 34.5 Å². The average Bonchev–Trinajstić information content (AvgIpc) is 3.39. The highest BCUT2D eigenvalue weighted by molar-refractivity contribution is 7.16. The Morgan fingerprint density at radius 1 is 1.00 bits per heavy atom. The molecule has 36 heavy (non-hydrogen) atoms. The summed E-state index contributed by atoms with van der Waals surface area (Å²) in [6, 6.07) is 21.1. The topological polar surface area (TPSA) is 98.7 Å². The van der Waals surface area contributed by atoms with E-state index in [9.17, 15) is 4.79 Å². The van der Waals surface area contributed by atoms with Crippen molar-refractivity contribution in [3.05, 3.63) is 107 Å². The van der Waals surface area contributed by atoms with Gasteiger partial charge in [0.25, 0.3) is 5.56 Å². The first-order chi connectivity index (χ1) is 17.6. The predicted molar refractivity (Wildman–Crippen MR) is 147 cm³/mol. The van der Waals surface area contributed by atoms with Crippen LogP contribution in [0.1, 0.15) is 18.7 Å². The lowest BCUT2D eigenvalue weighted by molar-refractivity contribution is 0.774. The number of nitrogens with zero attached hydrogens (tertiary/aromatic N) is 4. The van der Waals surface area contributed by atoms with E-state index in [4.69, 9.17) is 5.73 Å². The number of rotatable bonds is 5. The Balaban J connectivity index is 1.58. The lowest BCUT2D eigenvalue weighted by Gasteiger charge is -2.22. The molecule has 7 nitrogen and oxygen atoms in total. The average molecular weight is 491 g/mol. The predicted octanol–water partition coefficient (Wildman–Crippen LogP) is 5.81. The summed E-state index contributed by atoms with van der Waals surface area (Å²) in [5, 5.41) is 4.95. The number of para-hydroxylation sites is 1. The summed E-state index contributed by atoms with van der Waals surface area (Å²) in [6.07, 6.45) is 5.10. The molecule has 0 unspecified atom stereocenters. The molecule has 0 spiro atoms. The van der Waals surface area contributed by atoms with Gasteiger partial charge in [-0.25, -0.2) is 9.97 Å². The molecule has 0 amide bonds. The fraction of sp³-hybridized carbons (Fsp3) is 0.0714. The number of nitrogen functional groups attached to an aromatic ring is 1. The summed E-state index contributed by atoms with van der Waals surface area (Å²) in [4.78, 5) is 27.4. The largest absolute Gasteiger partial charge is 0.397 e. The molecular weight excluding hydrogens is 468 g/mol. The lowest BCUT2D eigenvalue weighted by atomic mass is 9.98. The van der Waals surface area contributed by atoms with Gasteiger partial charge in [-0.05, 0) is 48.2 Å². The van der Waals surface area contributed by atoms with Crippen LogP contribution in [-0.2, 0) is 0 Å². The Bertz CT molecular complexity index is 1780. The van der Waals surface area contributed by atoms with E-state index in [1.165, 1.54) is 0 Å². The molecule has 0 saturated carbocycles. The molecule has 0 aliphatic heterocycles. The number of fused-ring (bicyclic) bond motifs is 2. The second-order valence-corrected chi connectivity index (χ2v) is 9.43. The van der Waals surface area contributed by atoms with Gasteiger partial charge >= 0.3 is 0 Å². The van der Waals surface area contributed by atoms with Gasteiger partial charge in [0.05, 0.1) is 27.3 Å². The second kappa shape index (κ2) is 8.90. The zero-order valence-electron chi connectivity index (χ0n) is 19.4. The Kier molecular flexibility index (Phi) is 5.42. The van der Waals surface area contributed by atoms with Crippen LogP contribution in [0.5, 0.6) is 0 Å². The van der Waals surface area contributed by atoms with Crippen LogP contribution in [0.25, 0.3) is 37.8 Å². The van der Waals surface area contributed by atoms with Crippen LogP contribution in [-0.4, -0.2) is 19.5 Å². The van der Waals surface area contributed by atoms with Crippen LogP contribution in [0.2, 0.25) is 0 Å². The first-order valence-corrected chi connectivity index (χ1v) is 12.4. The van der Waals surface area contributed by atoms with E-state index < -0.39 is 0 Å². The van der Waals surface area contributed by atoms with Crippen LogP contribution >= 0.6 is 11.3 Å². The summed E-state index contributed by atoms with van der Waals surface area (Å²) in [5.74, 6) is 0.688. The van der Waals surface area contributed by atoms with Gasteiger partial charge < -0.3 is 11.1 Å². The number of thiazole rings is 1. The molecule has 2 aromatic carbocycles. The van der Waals surface area contributed by atoms with Gasteiger partial charge in [-0.3, -0.25) is 14.3 Å². The summed E-state index contributed by atoms with van der Waals surface area (Å²) in [6.45, 7) is 2.03. The third-order valence-electron chi connectivity index (χ3n) is 6.21. The van der Waals surface area contributed by atoms with E-state index in [1.807, 2.05) is 73.1 Å². The number of hydrogen-bond donors (Lipinski definition) is 2. The van der Waals surface area contributed by atoms with E-state index in [-0.39, 0.29) is 11.6 Å². The number of nitrogens with two attached hydrogens (primary N) is 1. The smallest absolute Gasteiger partial charge is 0.263 e. The van der Waals surface area contributed by atoms with Crippen LogP contribution in [0.4, 0.5) is 11.5 Å². The van der Waals surface area contributed by atoms with Crippen molar-refractivity contribution in [3.63, 3.8) is 0 Å². The summed E-state index contributed by atoms with van der Waals surface area (Å²) >= 11 is 1.57. The number of aromatic nitrogens is 4. The molecular formula is C28H22N6OS. The SMILES string of the molecule is C[C@H](Nc1nccc2scnc12)c1cc2cccc(-c3cncc(N)c3)c2c(=O)n1-c1ccccc1. The summed E-state index contributed by atoms with van der Waals surface area (Å²) < 4.78 is 2.82. The standard InChI is InChI=1S/C28H22N6OS/c1-17(33-27-26-24(10-11-31-27)36-16-32-26)23-13-18-6-5-9-22(19-12-20(29)15-30-14-19)25(18)28(35)34(23)21-7-3-2-4-8-21/h2-17H,29H2,1H3,(H,31,33)/t17-/m0/s1. The maximum absolute atomic E-state index is 14.2. The minimum Gasteiger partial charge on any atom is -0.397 e. The molecule has 4 aromatic heterocycles. The minimum absolute atomic E-state index is 0.111. The Labute approximate surface area is 210 Å². The molecule has 3 N–H and O–H groups in total. The molecule has 6 rings (SSSR count). The molecule has 0 fully saturated rings. The van der Waals surface area contributed by atoms with Crippen LogP contribution in [0.3, 0.4) is 0 Å². The first-order valence-electron chi connectivity index (χ1n) is 11.5. The zero-order chi connectivity index (χ0) is 24.6. The second-order valence-electron chi connectivity index (χ2n) is 8.55. The zero-order valence-corrected chi connectivity index (χ0v) is 20.2. The maximum Gasteiger partial charge on any atom is 0.263 e. The fourth-order valence-electron chi connectivity index (χ4n) is 4.57. The maximum atomic E-state index is 14.2. The highest BCUT2D eigenvalue weighted by atomic mass is 32.1. The van der Waals surface area contributed by atoms with Crippen LogP contribution in [0, 0.1) is 0 Å². The Hall–Kier alpha value is -4.56. The number of benzene rings is 2. The van der Waals surface area contributed by atoms with E-state index in [0.29, 0.717) is 16.9 Å². The molecule has 0 saturated heterocycles. The minimum atomic E-state index is -0.236. The molecule has 4 heterocycles. The Morgan fingerprint density at radius 2 is 1.86 bits per heavy atom. The molecule has 0 radical (unpaired) electrons. The van der Waals surface area contributed by atoms with Gasteiger partial charge in [-0.2, -0.15) is 0 Å². The van der Waals surface area contributed by atoms with Gasteiger partial charge in [0.15, 0.2) is 5.82 Å². The monoisotopic (exact) mass is 490 g/mol. The van der Waals surface area contributed by atoms with Crippen molar-refractivity contribution >= 4 is 43.8 Å². The molecule has 8 heteroatoms. The number of pyridine rings is 3. The quantitative estimate of drug-likeness (QED) is 0.316. The van der Waals surface area contributed by atoms with Gasteiger partial charge in [-0.15, -0.1) is 11.3 Å². The van der Waals surface area contributed by atoms with Gasteiger partial charge in [-0.1, -0.05) is 36.4 Å². The molecule has 0 aliphatic carbocycles. The van der Waals surface area contributed by atoms with Crippen LogP contribution < -0.4 is 16.6 Å². The van der Waals surface area contributed by atoms with Gasteiger partial charge in [0.2, 0.25) is 0 Å². The molecule has 0 aliphatic rings. The van der Waals surface area contributed by atoms with Crippen molar-refractivity contribution in [2.45, 2.75) is 13.0 Å². The number of anilines is 2. The van der Waals surface area contributed by atoms with Crippen molar-refractivity contribution in [3.8, 4) is 16.8 Å². The molecule has 6 aromatic rings. The van der Waals surface area contributed by atoms with E-state index in [2.05, 4.69) is 26.3 Å². The van der Waals surface area contributed by atoms with E-state index >= 15 is 0 Å². The van der Waals surface area contributed by atoms with Gasteiger partial charge in [0.1, 0.15) is 5.52 Å². The summed E-state index contributed by atoms with van der Waals surface area (Å²) in [7, 11) is 0.